The lowest BCUT2D eigenvalue weighted by Gasteiger charge is -2.49. The molecule has 0 radical (unpaired) electrons. The van der Waals surface area contributed by atoms with E-state index < -0.39 is 0 Å². The van der Waals surface area contributed by atoms with Crippen molar-refractivity contribution in [3.05, 3.63) is 23.8 Å². The highest BCUT2D eigenvalue weighted by molar-refractivity contribution is 5.03. The number of aryl methyl sites for hydroxylation is 1. The van der Waals surface area contributed by atoms with Crippen molar-refractivity contribution in [3.63, 3.8) is 0 Å². The van der Waals surface area contributed by atoms with Crippen LogP contribution in [0, 0.1) is 6.92 Å². The molecule has 0 saturated carbocycles. The number of rotatable bonds is 4. The first-order valence-electron chi connectivity index (χ1n) is 8.03. The Balaban J connectivity index is 1.68. The van der Waals surface area contributed by atoms with Crippen molar-refractivity contribution in [2.24, 2.45) is 0 Å². The quantitative estimate of drug-likeness (QED) is 0.914. The van der Waals surface area contributed by atoms with Crippen LogP contribution in [0.4, 0.5) is 0 Å². The minimum atomic E-state index is 0.718. The molecule has 0 aromatic carbocycles. The van der Waals surface area contributed by atoms with Crippen LogP contribution in [0.5, 0.6) is 0 Å². The first kappa shape index (κ1) is 14.0. The third kappa shape index (κ3) is 3.01. The molecule has 20 heavy (non-hydrogen) atoms. The zero-order valence-electron chi connectivity index (χ0n) is 12.7. The maximum Gasteiger partial charge on any atom is 0.0727 e. The van der Waals surface area contributed by atoms with Crippen molar-refractivity contribution in [3.8, 4) is 0 Å². The molecule has 110 valence electrons. The number of hydrogen-bond donors (Lipinski definition) is 1. The monoisotopic (exact) mass is 274 g/mol. The maximum absolute atomic E-state index is 4.54. The van der Waals surface area contributed by atoms with Crippen molar-refractivity contribution < 1.29 is 0 Å². The Bertz CT molecular complexity index is 417. The second-order valence-corrected chi connectivity index (χ2v) is 6.29. The first-order chi connectivity index (χ1) is 9.76. The van der Waals surface area contributed by atoms with E-state index in [-0.39, 0.29) is 0 Å². The number of aromatic nitrogens is 2. The highest BCUT2D eigenvalue weighted by Crippen LogP contribution is 2.34. The Morgan fingerprint density at radius 2 is 1.95 bits per heavy atom. The molecule has 0 aliphatic carbocycles. The van der Waals surface area contributed by atoms with Gasteiger partial charge in [-0.3, -0.25) is 14.9 Å². The summed E-state index contributed by atoms with van der Waals surface area (Å²) in [4.78, 5) is 11.6. The van der Waals surface area contributed by atoms with Gasteiger partial charge in [-0.05, 0) is 39.2 Å². The zero-order valence-corrected chi connectivity index (χ0v) is 12.7. The van der Waals surface area contributed by atoms with Gasteiger partial charge in [-0.2, -0.15) is 0 Å². The van der Waals surface area contributed by atoms with E-state index in [4.69, 9.17) is 0 Å². The fourth-order valence-corrected chi connectivity index (χ4v) is 3.88. The van der Waals surface area contributed by atoms with Crippen LogP contribution < -0.4 is 5.32 Å². The summed E-state index contributed by atoms with van der Waals surface area (Å²) in [6.45, 7) is 6.27. The van der Waals surface area contributed by atoms with Gasteiger partial charge in [0.25, 0.3) is 0 Å². The molecular formula is C16H26N4. The normalized spacial score (nSPS) is 30.4. The standard InChI is InChI=1S/C16H26N4/c1-3-17-13-7-15-5-4-6-16(8-13)20(15)11-14-10-18-12(2)9-19-14/h9-10,13,15-17H,3-8,11H2,1-2H3. The van der Waals surface area contributed by atoms with Crippen molar-refractivity contribution in [2.45, 2.75) is 70.6 Å². The van der Waals surface area contributed by atoms with Crippen LogP contribution in [-0.4, -0.2) is 39.5 Å². The molecule has 0 spiro atoms. The number of nitrogens with zero attached hydrogens (tertiary/aromatic N) is 3. The van der Waals surface area contributed by atoms with Crippen LogP contribution in [-0.2, 0) is 6.54 Å². The third-order valence-corrected chi connectivity index (χ3v) is 4.80. The summed E-state index contributed by atoms with van der Waals surface area (Å²) < 4.78 is 0. The first-order valence-corrected chi connectivity index (χ1v) is 8.03. The van der Waals surface area contributed by atoms with Crippen LogP contribution >= 0.6 is 0 Å². The van der Waals surface area contributed by atoms with Crippen LogP contribution in [0.15, 0.2) is 12.4 Å². The molecule has 2 atom stereocenters. The lowest BCUT2D eigenvalue weighted by Crippen LogP contribution is -2.55. The van der Waals surface area contributed by atoms with E-state index in [1.807, 2.05) is 19.3 Å². The summed E-state index contributed by atoms with van der Waals surface area (Å²) in [6, 6.07) is 2.18. The topological polar surface area (TPSA) is 41.0 Å². The van der Waals surface area contributed by atoms with Gasteiger partial charge < -0.3 is 5.32 Å². The molecule has 2 aliphatic rings. The lowest BCUT2D eigenvalue weighted by molar-refractivity contribution is 0.0170. The average Bonchev–Trinajstić information content (AvgIpc) is 2.42. The van der Waals surface area contributed by atoms with Crippen molar-refractivity contribution in [1.29, 1.82) is 0 Å². The summed E-state index contributed by atoms with van der Waals surface area (Å²) in [6.07, 6.45) is 10.5. The molecule has 0 amide bonds. The molecule has 2 bridgehead atoms. The van der Waals surface area contributed by atoms with Crippen molar-refractivity contribution in [2.75, 3.05) is 6.54 Å². The van der Waals surface area contributed by atoms with Crippen LogP contribution in [0.2, 0.25) is 0 Å². The van der Waals surface area contributed by atoms with Crippen LogP contribution in [0.1, 0.15) is 50.4 Å². The van der Waals surface area contributed by atoms with E-state index in [1.54, 1.807) is 0 Å². The molecule has 4 heteroatoms. The Morgan fingerprint density at radius 3 is 2.55 bits per heavy atom. The molecule has 4 nitrogen and oxygen atoms in total. The van der Waals surface area contributed by atoms with Gasteiger partial charge in [-0.25, -0.2) is 0 Å². The number of fused-ring (bicyclic) bond motifs is 2. The average molecular weight is 274 g/mol. The van der Waals surface area contributed by atoms with E-state index in [2.05, 4.69) is 27.1 Å². The van der Waals surface area contributed by atoms with Gasteiger partial charge in [-0.1, -0.05) is 13.3 Å². The predicted octanol–water partition coefficient (Wildman–Crippen LogP) is 2.28. The zero-order chi connectivity index (χ0) is 13.9. The third-order valence-electron chi connectivity index (χ3n) is 4.80. The second-order valence-electron chi connectivity index (χ2n) is 6.29. The Labute approximate surface area is 122 Å². The second kappa shape index (κ2) is 6.19. The number of hydrogen-bond acceptors (Lipinski definition) is 4. The fourth-order valence-electron chi connectivity index (χ4n) is 3.88. The van der Waals surface area contributed by atoms with E-state index in [0.717, 1.165) is 42.6 Å². The fraction of sp³-hybridized carbons (Fsp3) is 0.750. The Morgan fingerprint density at radius 1 is 1.20 bits per heavy atom. The Hall–Kier alpha value is -1.00. The van der Waals surface area contributed by atoms with Gasteiger partial charge in [0, 0.05) is 37.1 Å². The molecule has 3 heterocycles. The molecule has 1 aromatic rings. The van der Waals surface area contributed by atoms with Gasteiger partial charge in [-0.15, -0.1) is 0 Å². The number of piperidine rings is 2. The van der Waals surface area contributed by atoms with Crippen molar-refractivity contribution >= 4 is 0 Å². The SMILES string of the molecule is CCNC1CC2CCCC(C1)N2Cc1cnc(C)cn1. The highest BCUT2D eigenvalue weighted by atomic mass is 15.2. The van der Waals surface area contributed by atoms with Gasteiger partial charge in [0.05, 0.1) is 11.4 Å². The van der Waals surface area contributed by atoms with Gasteiger partial charge in [0.1, 0.15) is 0 Å². The summed E-state index contributed by atoms with van der Waals surface area (Å²) >= 11 is 0. The molecule has 3 rings (SSSR count). The minimum absolute atomic E-state index is 0.718. The Kier molecular flexibility index (Phi) is 4.32. The van der Waals surface area contributed by atoms with E-state index in [0.29, 0.717) is 0 Å². The summed E-state index contributed by atoms with van der Waals surface area (Å²) in [5.41, 5.74) is 2.12. The molecule has 1 aromatic heterocycles. The van der Waals surface area contributed by atoms with Crippen LogP contribution in [0.25, 0.3) is 0 Å². The van der Waals surface area contributed by atoms with Crippen molar-refractivity contribution in [1.82, 2.24) is 20.2 Å². The number of nitrogens with one attached hydrogen (secondary N) is 1. The molecule has 2 fully saturated rings. The lowest BCUT2D eigenvalue weighted by atomic mass is 9.81. The predicted molar refractivity (Wildman–Crippen MR) is 80.4 cm³/mol. The van der Waals surface area contributed by atoms with E-state index >= 15 is 0 Å². The minimum Gasteiger partial charge on any atom is -0.314 e. The van der Waals surface area contributed by atoms with Gasteiger partial charge in [0.2, 0.25) is 0 Å². The van der Waals surface area contributed by atoms with Gasteiger partial charge in [0.15, 0.2) is 0 Å². The summed E-state index contributed by atoms with van der Waals surface area (Å²) in [7, 11) is 0. The van der Waals surface area contributed by atoms with E-state index in [9.17, 15) is 0 Å². The highest BCUT2D eigenvalue weighted by Gasteiger charge is 2.37. The largest absolute Gasteiger partial charge is 0.314 e. The molecule has 2 saturated heterocycles. The maximum atomic E-state index is 4.54. The van der Waals surface area contributed by atoms with E-state index in [1.165, 1.54) is 32.1 Å². The van der Waals surface area contributed by atoms with Gasteiger partial charge >= 0.3 is 0 Å². The summed E-state index contributed by atoms with van der Waals surface area (Å²) in [5.74, 6) is 0. The molecule has 1 N–H and O–H groups in total. The summed E-state index contributed by atoms with van der Waals surface area (Å²) in [5, 5.41) is 3.65. The van der Waals surface area contributed by atoms with Crippen LogP contribution in [0.3, 0.4) is 0 Å². The molecule has 2 unspecified atom stereocenters. The molecule has 2 aliphatic heterocycles. The smallest absolute Gasteiger partial charge is 0.0727 e. The molecular weight excluding hydrogens is 248 g/mol.